The van der Waals surface area contributed by atoms with E-state index in [4.69, 9.17) is 4.74 Å². The number of hydrogen-bond acceptors (Lipinski definition) is 5. The predicted molar refractivity (Wildman–Crippen MR) is 125 cm³/mol. The van der Waals surface area contributed by atoms with Crippen molar-refractivity contribution in [3.05, 3.63) is 57.8 Å². The minimum Gasteiger partial charge on any atom is -0.376 e. The van der Waals surface area contributed by atoms with Gasteiger partial charge in [-0.1, -0.05) is 0 Å². The van der Waals surface area contributed by atoms with Crippen molar-refractivity contribution in [3.63, 3.8) is 0 Å². The van der Waals surface area contributed by atoms with Crippen LogP contribution in [0, 0.1) is 13.8 Å². The molecule has 0 aliphatic carbocycles. The van der Waals surface area contributed by atoms with E-state index >= 15 is 0 Å². The normalized spacial score (nSPS) is 16.2. The van der Waals surface area contributed by atoms with Crippen molar-refractivity contribution < 1.29 is 9.53 Å². The number of aryl methyl sites for hydroxylation is 2. The first kappa shape index (κ1) is 22.2. The Morgan fingerprint density at radius 2 is 2.09 bits per heavy atom. The second-order valence-electron chi connectivity index (χ2n) is 8.79. The molecular weight excluding hydrogens is 406 g/mol. The van der Waals surface area contributed by atoms with E-state index in [1.54, 1.807) is 11.5 Å². The maximum absolute atomic E-state index is 13.2. The van der Waals surface area contributed by atoms with Crippen molar-refractivity contribution in [2.75, 3.05) is 32.6 Å². The molecule has 1 amide bonds. The van der Waals surface area contributed by atoms with Gasteiger partial charge in [0.15, 0.2) is 0 Å². The Bertz CT molecular complexity index is 1190. The number of nitrogens with one attached hydrogen (secondary N) is 1. The van der Waals surface area contributed by atoms with E-state index in [9.17, 15) is 9.59 Å². The quantitative estimate of drug-likeness (QED) is 0.615. The summed E-state index contributed by atoms with van der Waals surface area (Å²) in [6.45, 7) is 6.64. The zero-order valence-electron chi connectivity index (χ0n) is 19.2. The van der Waals surface area contributed by atoms with Crippen molar-refractivity contribution in [1.29, 1.82) is 0 Å². The first-order valence-corrected chi connectivity index (χ1v) is 11.1. The molecule has 1 aromatic carbocycles. The zero-order chi connectivity index (χ0) is 22.8. The number of fused-ring (bicyclic) bond motifs is 1. The van der Waals surface area contributed by atoms with Gasteiger partial charge in [0.05, 0.1) is 30.0 Å². The van der Waals surface area contributed by atoms with Crippen molar-refractivity contribution in [1.82, 2.24) is 19.0 Å². The third-order valence-electron chi connectivity index (χ3n) is 6.01. The number of imidazole rings is 1. The SMILES string of the molecule is Cc1cc(C)n(C[C@H]2CCCO2)c(=O)c1C(=O)Nc1ccc2c(c1)ncn2CCN(C)C. The summed E-state index contributed by atoms with van der Waals surface area (Å²) >= 11 is 0. The van der Waals surface area contributed by atoms with Gasteiger partial charge in [0, 0.05) is 31.1 Å². The molecule has 0 unspecified atom stereocenters. The lowest BCUT2D eigenvalue weighted by Gasteiger charge is -2.17. The molecule has 3 heterocycles. The van der Waals surface area contributed by atoms with Crippen molar-refractivity contribution in [2.45, 2.75) is 45.9 Å². The van der Waals surface area contributed by atoms with Gasteiger partial charge in [0.25, 0.3) is 11.5 Å². The molecule has 1 saturated heterocycles. The fraction of sp³-hybridized carbons (Fsp3) is 0.458. The van der Waals surface area contributed by atoms with Gasteiger partial charge >= 0.3 is 0 Å². The van der Waals surface area contributed by atoms with E-state index in [-0.39, 0.29) is 17.2 Å². The molecule has 3 aromatic rings. The molecule has 1 N–H and O–H groups in total. The highest BCUT2D eigenvalue weighted by Gasteiger charge is 2.22. The Morgan fingerprint density at radius 1 is 1.28 bits per heavy atom. The zero-order valence-corrected chi connectivity index (χ0v) is 19.2. The first-order valence-electron chi connectivity index (χ1n) is 11.1. The van der Waals surface area contributed by atoms with Gasteiger partial charge in [-0.3, -0.25) is 9.59 Å². The Morgan fingerprint density at radius 3 is 2.81 bits per heavy atom. The summed E-state index contributed by atoms with van der Waals surface area (Å²) in [4.78, 5) is 32.9. The highest BCUT2D eigenvalue weighted by atomic mass is 16.5. The molecule has 170 valence electrons. The predicted octanol–water partition coefficient (Wildman–Crippen LogP) is 2.81. The van der Waals surface area contributed by atoms with Gasteiger partial charge in [0.1, 0.15) is 5.56 Å². The van der Waals surface area contributed by atoms with Crippen LogP contribution in [0.25, 0.3) is 11.0 Å². The fourth-order valence-electron chi connectivity index (χ4n) is 4.24. The molecule has 8 heteroatoms. The van der Waals surface area contributed by atoms with Crippen molar-refractivity contribution in [3.8, 4) is 0 Å². The molecule has 1 aliphatic rings. The molecule has 1 aliphatic heterocycles. The molecule has 1 fully saturated rings. The summed E-state index contributed by atoms with van der Waals surface area (Å²) < 4.78 is 9.45. The summed E-state index contributed by atoms with van der Waals surface area (Å²) in [7, 11) is 4.07. The molecule has 2 aromatic heterocycles. The minimum absolute atomic E-state index is 0.0232. The maximum atomic E-state index is 13.2. The van der Waals surface area contributed by atoms with Gasteiger partial charge in [-0.15, -0.1) is 0 Å². The van der Waals surface area contributed by atoms with Gasteiger partial charge < -0.3 is 24.1 Å². The largest absolute Gasteiger partial charge is 0.376 e. The number of carbonyl (C=O) groups excluding carboxylic acids is 1. The van der Waals surface area contributed by atoms with Crippen molar-refractivity contribution >= 4 is 22.6 Å². The van der Waals surface area contributed by atoms with Gasteiger partial charge in [-0.2, -0.15) is 0 Å². The summed E-state index contributed by atoms with van der Waals surface area (Å²) in [5, 5.41) is 2.89. The number of nitrogens with zero attached hydrogens (tertiary/aromatic N) is 4. The van der Waals surface area contributed by atoms with Crippen LogP contribution in [0.4, 0.5) is 5.69 Å². The number of carbonyl (C=O) groups is 1. The Hall–Kier alpha value is -2.97. The standard InChI is InChI=1S/C24H31N5O3/c1-16-12-17(2)29(14-19-6-5-11-32-19)24(31)22(16)23(30)26-18-7-8-21-20(13-18)25-15-28(21)10-9-27(3)4/h7-8,12-13,15,19H,5-6,9-11,14H2,1-4H3,(H,26,30)/t19-/m1/s1. The van der Waals surface area contributed by atoms with E-state index < -0.39 is 5.91 Å². The number of amides is 1. The van der Waals surface area contributed by atoms with Gasteiger partial charge in [0.2, 0.25) is 0 Å². The number of pyridine rings is 1. The molecule has 0 bridgehead atoms. The summed E-state index contributed by atoms with van der Waals surface area (Å²) in [5.41, 5.74) is 3.83. The number of rotatable bonds is 7. The molecule has 8 nitrogen and oxygen atoms in total. The van der Waals surface area contributed by atoms with Crippen LogP contribution in [0.5, 0.6) is 0 Å². The average molecular weight is 438 g/mol. The minimum atomic E-state index is -0.403. The topological polar surface area (TPSA) is 81.4 Å². The highest BCUT2D eigenvalue weighted by molar-refractivity contribution is 6.05. The van der Waals surface area contributed by atoms with Crippen molar-refractivity contribution in [2.24, 2.45) is 0 Å². The number of hydrogen-bond donors (Lipinski definition) is 1. The van der Waals surface area contributed by atoms with E-state index in [2.05, 4.69) is 19.8 Å². The molecule has 32 heavy (non-hydrogen) atoms. The number of likely N-dealkylation sites (N-methyl/N-ethyl adjacent to an activating group) is 1. The van der Waals surface area contributed by atoms with Crippen LogP contribution in [0.2, 0.25) is 0 Å². The van der Waals surface area contributed by atoms with E-state index in [0.717, 1.165) is 49.3 Å². The molecule has 0 saturated carbocycles. The number of benzene rings is 1. The average Bonchev–Trinajstić information content (AvgIpc) is 3.39. The smallest absolute Gasteiger partial charge is 0.263 e. The number of aromatic nitrogens is 3. The second kappa shape index (κ2) is 9.26. The lowest BCUT2D eigenvalue weighted by molar-refractivity contribution is 0.0947. The van der Waals surface area contributed by atoms with Crippen LogP contribution in [-0.2, 0) is 17.8 Å². The summed E-state index contributed by atoms with van der Waals surface area (Å²) in [5.74, 6) is -0.403. The molecular formula is C24H31N5O3. The summed E-state index contributed by atoms with van der Waals surface area (Å²) in [6.07, 6.45) is 3.77. The highest BCUT2D eigenvalue weighted by Crippen LogP contribution is 2.20. The third kappa shape index (κ3) is 4.61. The van der Waals surface area contributed by atoms with Crippen LogP contribution in [0.15, 0.2) is 35.4 Å². The Labute approximate surface area is 187 Å². The molecule has 0 radical (unpaired) electrons. The van der Waals surface area contributed by atoms with Crippen LogP contribution in [0.3, 0.4) is 0 Å². The monoisotopic (exact) mass is 437 g/mol. The fourth-order valence-corrected chi connectivity index (χ4v) is 4.24. The number of ether oxygens (including phenoxy) is 1. The van der Waals surface area contributed by atoms with Gasteiger partial charge in [-0.25, -0.2) is 4.98 Å². The Kier molecular flexibility index (Phi) is 6.43. The first-order chi connectivity index (χ1) is 15.3. The van der Waals surface area contributed by atoms with Crippen LogP contribution < -0.4 is 10.9 Å². The van der Waals surface area contributed by atoms with E-state index in [0.29, 0.717) is 17.8 Å². The summed E-state index contributed by atoms with van der Waals surface area (Å²) in [6, 6.07) is 7.53. The third-order valence-corrected chi connectivity index (χ3v) is 6.01. The second-order valence-corrected chi connectivity index (χ2v) is 8.79. The maximum Gasteiger partial charge on any atom is 0.263 e. The van der Waals surface area contributed by atoms with Gasteiger partial charge in [-0.05, 0) is 70.6 Å². The van der Waals surface area contributed by atoms with E-state index in [1.165, 1.54) is 0 Å². The van der Waals surface area contributed by atoms with E-state index in [1.807, 2.05) is 51.6 Å². The van der Waals surface area contributed by atoms with Crippen LogP contribution in [0.1, 0.15) is 34.5 Å². The molecule has 4 rings (SSSR count). The molecule has 0 spiro atoms. The Balaban J connectivity index is 1.57. The lowest BCUT2D eigenvalue weighted by atomic mass is 10.1. The van der Waals surface area contributed by atoms with Crippen LogP contribution in [-0.4, -0.2) is 58.3 Å². The molecule has 1 atom stereocenters. The lowest BCUT2D eigenvalue weighted by Crippen LogP contribution is -2.34. The van der Waals surface area contributed by atoms with Crippen LogP contribution >= 0.6 is 0 Å². The number of anilines is 1.